The molecule has 0 saturated carbocycles. The molecule has 0 amide bonds. The van der Waals surface area contributed by atoms with E-state index in [4.69, 9.17) is 0 Å². The Balaban J connectivity index is 2.22. The maximum atomic E-state index is 4.54. The third kappa shape index (κ3) is 1.60. The molecule has 2 heterocycles. The first-order valence-corrected chi connectivity index (χ1v) is 6.52. The zero-order chi connectivity index (χ0) is 12.0. The van der Waals surface area contributed by atoms with Crippen molar-refractivity contribution >= 4 is 15.9 Å². The fraction of sp³-hybridized carbons (Fsp3) is 0.417. The summed E-state index contributed by atoms with van der Waals surface area (Å²) in [5.74, 6) is 0.943. The summed E-state index contributed by atoms with van der Waals surface area (Å²) in [6.07, 6.45) is 4.93. The summed E-state index contributed by atoms with van der Waals surface area (Å²) in [4.78, 5) is 8.74. The number of fused-ring (bicyclic) bond motifs is 1. The van der Waals surface area contributed by atoms with E-state index in [1.54, 1.807) is 6.33 Å². The van der Waals surface area contributed by atoms with Gasteiger partial charge >= 0.3 is 0 Å². The summed E-state index contributed by atoms with van der Waals surface area (Å²) in [6.45, 7) is 4.04. The standard InChI is InChI=1S/C12H13BrN4/c1-7-11(13)8(2)17(16-7)12-9-4-3-5-10(9)14-6-15-12/h6H,3-5H2,1-2H3. The lowest BCUT2D eigenvalue weighted by Crippen LogP contribution is -2.07. The van der Waals surface area contributed by atoms with Gasteiger partial charge in [0.05, 0.1) is 15.9 Å². The quantitative estimate of drug-likeness (QED) is 0.811. The van der Waals surface area contributed by atoms with Crippen molar-refractivity contribution in [3.8, 4) is 5.82 Å². The average molecular weight is 293 g/mol. The molecule has 4 nitrogen and oxygen atoms in total. The molecule has 0 spiro atoms. The summed E-state index contributed by atoms with van der Waals surface area (Å²) >= 11 is 3.55. The normalized spacial score (nSPS) is 14.1. The molecule has 1 aliphatic rings. The molecular weight excluding hydrogens is 280 g/mol. The van der Waals surface area contributed by atoms with Crippen LogP contribution in [0.5, 0.6) is 0 Å². The topological polar surface area (TPSA) is 43.6 Å². The van der Waals surface area contributed by atoms with Crippen LogP contribution in [0.25, 0.3) is 5.82 Å². The van der Waals surface area contributed by atoms with Crippen molar-refractivity contribution in [1.29, 1.82) is 0 Å². The third-order valence-corrected chi connectivity index (χ3v) is 4.40. The van der Waals surface area contributed by atoms with Gasteiger partial charge < -0.3 is 0 Å². The van der Waals surface area contributed by atoms with Crippen LogP contribution < -0.4 is 0 Å². The summed E-state index contributed by atoms with van der Waals surface area (Å²) in [5, 5.41) is 4.54. The van der Waals surface area contributed by atoms with Crippen molar-refractivity contribution < 1.29 is 0 Å². The Labute approximate surface area is 108 Å². The lowest BCUT2D eigenvalue weighted by atomic mass is 10.2. The lowest BCUT2D eigenvalue weighted by Gasteiger charge is -2.07. The Bertz CT molecular complexity index is 588. The molecule has 5 heteroatoms. The minimum atomic E-state index is 0.943. The maximum absolute atomic E-state index is 4.54. The van der Waals surface area contributed by atoms with E-state index < -0.39 is 0 Å². The highest BCUT2D eigenvalue weighted by molar-refractivity contribution is 9.10. The summed E-state index contributed by atoms with van der Waals surface area (Å²) in [5.41, 5.74) is 4.52. The van der Waals surface area contributed by atoms with Crippen LogP contribution in [-0.2, 0) is 12.8 Å². The Hall–Kier alpha value is -1.23. The van der Waals surface area contributed by atoms with Crippen molar-refractivity contribution in [2.45, 2.75) is 33.1 Å². The van der Waals surface area contributed by atoms with Crippen LogP contribution in [0.1, 0.15) is 29.1 Å². The van der Waals surface area contributed by atoms with Crippen LogP contribution in [0, 0.1) is 13.8 Å². The van der Waals surface area contributed by atoms with E-state index in [0.29, 0.717) is 0 Å². The second-order valence-electron chi connectivity index (χ2n) is 4.37. The predicted octanol–water partition coefficient (Wildman–Crippen LogP) is 2.53. The molecule has 0 bridgehead atoms. The highest BCUT2D eigenvalue weighted by Crippen LogP contribution is 2.27. The molecule has 0 radical (unpaired) electrons. The van der Waals surface area contributed by atoms with E-state index in [0.717, 1.165) is 34.5 Å². The number of halogens is 1. The number of nitrogens with zero attached hydrogens (tertiary/aromatic N) is 4. The Morgan fingerprint density at radius 2 is 2.06 bits per heavy atom. The fourth-order valence-corrected chi connectivity index (χ4v) is 2.60. The van der Waals surface area contributed by atoms with Crippen LogP contribution in [0.4, 0.5) is 0 Å². The molecular formula is C12H13BrN4. The third-order valence-electron chi connectivity index (χ3n) is 3.26. The highest BCUT2D eigenvalue weighted by Gasteiger charge is 2.20. The van der Waals surface area contributed by atoms with Gasteiger partial charge in [0.15, 0.2) is 5.82 Å². The summed E-state index contributed by atoms with van der Waals surface area (Å²) in [6, 6.07) is 0. The summed E-state index contributed by atoms with van der Waals surface area (Å²) in [7, 11) is 0. The van der Waals surface area contributed by atoms with Gasteiger partial charge in [-0.3, -0.25) is 0 Å². The number of aryl methyl sites for hydroxylation is 2. The Morgan fingerprint density at radius 3 is 2.76 bits per heavy atom. The van der Waals surface area contributed by atoms with E-state index in [1.807, 2.05) is 18.5 Å². The molecule has 0 unspecified atom stereocenters. The van der Waals surface area contributed by atoms with E-state index in [2.05, 4.69) is 31.0 Å². The van der Waals surface area contributed by atoms with Crippen LogP contribution in [-0.4, -0.2) is 19.7 Å². The van der Waals surface area contributed by atoms with Gasteiger partial charge in [-0.25, -0.2) is 14.6 Å². The van der Waals surface area contributed by atoms with Crippen LogP contribution in [0.15, 0.2) is 10.8 Å². The minimum absolute atomic E-state index is 0.943. The van der Waals surface area contributed by atoms with Crippen LogP contribution in [0.2, 0.25) is 0 Å². The van der Waals surface area contributed by atoms with Crippen molar-refractivity contribution in [2.75, 3.05) is 0 Å². The molecule has 0 N–H and O–H groups in total. The van der Waals surface area contributed by atoms with Gasteiger partial charge in [0.25, 0.3) is 0 Å². The SMILES string of the molecule is Cc1nn(-c2ncnc3c2CCC3)c(C)c1Br. The fourth-order valence-electron chi connectivity index (χ4n) is 2.35. The molecule has 1 aliphatic carbocycles. The molecule has 0 aromatic carbocycles. The van der Waals surface area contributed by atoms with Gasteiger partial charge in [0.1, 0.15) is 6.33 Å². The van der Waals surface area contributed by atoms with Gasteiger partial charge in [0.2, 0.25) is 0 Å². The average Bonchev–Trinajstić information content (AvgIpc) is 2.89. The minimum Gasteiger partial charge on any atom is -0.241 e. The second-order valence-corrected chi connectivity index (χ2v) is 5.17. The zero-order valence-electron chi connectivity index (χ0n) is 9.87. The molecule has 0 saturated heterocycles. The monoisotopic (exact) mass is 292 g/mol. The largest absolute Gasteiger partial charge is 0.241 e. The lowest BCUT2D eigenvalue weighted by molar-refractivity contribution is 0.785. The molecule has 88 valence electrons. The number of rotatable bonds is 1. The van der Waals surface area contributed by atoms with Gasteiger partial charge in [-0.1, -0.05) is 0 Å². The highest BCUT2D eigenvalue weighted by atomic mass is 79.9. The molecule has 3 rings (SSSR count). The van der Waals surface area contributed by atoms with E-state index in [-0.39, 0.29) is 0 Å². The van der Waals surface area contributed by atoms with Crippen LogP contribution >= 0.6 is 15.9 Å². The van der Waals surface area contributed by atoms with Crippen molar-refractivity contribution in [2.24, 2.45) is 0 Å². The van der Waals surface area contributed by atoms with Crippen molar-refractivity contribution in [3.63, 3.8) is 0 Å². The number of aromatic nitrogens is 4. The molecule has 0 aliphatic heterocycles. The first-order chi connectivity index (χ1) is 8.18. The first-order valence-electron chi connectivity index (χ1n) is 5.73. The Kier molecular flexibility index (Phi) is 2.50. The van der Waals surface area contributed by atoms with Gasteiger partial charge in [-0.2, -0.15) is 5.10 Å². The van der Waals surface area contributed by atoms with E-state index in [9.17, 15) is 0 Å². The molecule has 2 aromatic heterocycles. The van der Waals surface area contributed by atoms with Crippen molar-refractivity contribution in [3.05, 3.63) is 33.4 Å². The smallest absolute Gasteiger partial charge is 0.160 e. The van der Waals surface area contributed by atoms with Gasteiger partial charge in [-0.05, 0) is 49.0 Å². The van der Waals surface area contributed by atoms with Gasteiger partial charge in [-0.15, -0.1) is 0 Å². The molecule has 17 heavy (non-hydrogen) atoms. The first kappa shape index (κ1) is 10.9. The molecule has 0 fully saturated rings. The molecule has 2 aromatic rings. The second kappa shape index (κ2) is 3.91. The predicted molar refractivity (Wildman–Crippen MR) is 68.4 cm³/mol. The zero-order valence-corrected chi connectivity index (χ0v) is 11.5. The van der Waals surface area contributed by atoms with Crippen molar-refractivity contribution in [1.82, 2.24) is 19.7 Å². The van der Waals surface area contributed by atoms with Crippen LogP contribution in [0.3, 0.4) is 0 Å². The Morgan fingerprint density at radius 1 is 1.24 bits per heavy atom. The van der Waals surface area contributed by atoms with Gasteiger partial charge in [0, 0.05) is 11.3 Å². The number of hydrogen-bond acceptors (Lipinski definition) is 3. The van der Waals surface area contributed by atoms with E-state index >= 15 is 0 Å². The summed E-state index contributed by atoms with van der Waals surface area (Å²) < 4.78 is 2.98. The van der Waals surface area contributed by atoms with E-state index in [1.165, 1.54) is 17.7 Å². The number of hydrogen-bond donors (Lipinski definition) is 0. The molecule has 0 atom stereocenters. The maximum Gasteiger partial charge on any atom is 0.160 e.